The minimum Gasteiger partial charge on any atom is -0.465 e. The molecule has 0 aliphatic carbocycles. The molecule has 0 saturated carbocycles. The third-order valence-electron chi connectivity index (χ3n) is 5.95. The van der Waals surface area contributed by atoms with E-state index in [4.69, 9.17) is 27.9 Å². The van der Waals surface area contributed by atoms with Crippen LogP contribution in [0.2, 0.25) is 10.0 Å². The third-order valence-corrected chi connectivity index (χ3v) is 8.58. The molecule has 3 aromatic rings. The number of hydrogen-bond acceptors (Lipinski definition) is 6. The molecule has 1 fully saturated rings. The fourth-order valence-electron chi connectivity index (χ4n) is 3.99. The summed E-state index contributed by atoms with van der Waals surface area (Å²) < 4.78 is 62.5. The average molecular weight is 572 g/mol. The van der Waals surface area contributed by atoms with Gasteiger partial charge < -0.3 is 14.7 Å². The van der Waals surface area contributed by atoms with Gasteiger partial charge in [-0.3, -0.25) is 4.90 Å². The number of amides is 1. The quantitative estimate of drug-likeness (QED) is 0.444. The third kappa shape index (κ3) is 5.64. The summed E-state index contributed by atoms with van der Waals surface area (Å²) in [6.07, 6.45) is -0.770. The maximum atomic E-state index is 15.0. The van der Waals surface area contributed by atoms with Crippen molar-refractivity contribution in [2.24, 2.45) is 0 Å². The first-order chi connectivity index (χ1) is 17.5. The summed E-state index contributed by atoms with van der Waals surface area (Å²) in [6.45, 7) is 0.591. The van der Waals surface area contributed by atoms with Gasteiger partial charge in [0.05, 0.1) is 23.1 Å². The number of benzene rings is 2. The second-order valence-corrected chi connectivity index (χ2v) is 11.2. The normalized spacial score (nSPS) is 16.9. The minimum absolute atomic E-state index is 0.0271. The molecule has 0 bridgehead atoms. The lowest BCUT2D eigenvalue weighted by molar-refractivity contribution is -0.0448. The molecule has 8 nitrogen and oxygen atoms in total. The van der Waals surface area contributed by atoms with Gasteiger partial charge in [-0.05, 0) is 54.1 Å². The van der Waals surface area contributed by atoms with Gasteiger partial charge in [0, 0.05) is 30.4 Å². The van der Waals surface area contributed by atoms with Crippen LogP contribution in [0.5, 0.6) is 0 Å². The molecule has 1 aliphatic heterocycles. The zero-order valence-corrected chi connectivity index (χ0v) is 21.6. The number of halogens is 4. The first kappa shape index (κ1) is 27.1. The monoisotopic (exact) mass is 571 g/mol. The lowest BCUT2D eigenvalue weighted by Crippen LogP contribution is -2.51. The molecule has 13 heteroatoms. The number of ether oxygens (including phenoxy) is 1. The van der Waals surface area contributed by atoms with Gasteiger partial charge in [0.25, 0.3) is 0 Å². The van der Waals surface area contributed by atoms with Crippen molar-refractivity contribution >= 4 is 45.0 Å². The molecule has 37 heavy (non-hydrogen) atoms. The van der Waals surface area contributed by atoms with Gasteiger partial charge in [0.2, 0.25) is 0 Å². The SMILES string of the molecule is CN(C(=O)O)C1CN(c2cc(C(c3cc(F)ccc3F)S(=O)(=O)c3ccc(Cl)cc3)c(Cl)cn2)CCO1. The Bertz CT molecular complexity index is 1430. The Morgan fingerprint density at radius 1 is 1.16 bits per heavy atom. The Hall–Kier alpha value is -2.99. The van der Waals surface area contributed by atoms with Crippen molar-refractivity contribution in [2.45, 2.75) is 16.4 Å². The first-order valence-corrected chi connectivity index (χ1v) is 13.2. The van der Waals surface area contributed by atoms with Gasteiger partial charge in [0.1, 0.15) is 22.7 Å². The van der Waals surface area contributed by atoms with Gasteiger partial charge in [-0.1, -0.05) is 23.2 Å². The van der Waals surface area contributed by atoms with Crippen LogP contribution in [0, 0.1) is 11.6 Å². The largest absolute Gasteiger partial charge is 0.465 e. The number of rotatable bonds is 6. The molecular weight excluding hydrogens is 551 g/mol. The van der Waals surface area contributed by atoms with E-state index in [1.165, 1.54) is 43.6 Å². The summed E-state index contributed by atoms with van der Waals surface area (Å²) in [5.41, 5.74) is -0.458. The fraction of sp³-hybridized carbons (Fsp3) is 0.250. The number of aromatic nitrogens is 1. The number of nitrogens with zero attached hydrogens (tertiary/aromatic N) is 3. The number of hydrogen-bond donors (Lipinski definition) is 1. The number of anilines is 1. The molecule has 4 rings (SSSR count). The molecule has 1 amide bonds. The van der Waals surface area contributed by atoms with Gasteiger partial charge in [0.15, 0.2) is 16.1 Å². The molecular formula is C24H21Cl2F2N3O5S. The second kappa shape index (κ2) is 10.8. The first-order valence-electron chi connectivity index (χ1n) is 10.9. The summed E-state index contributed by atoms with van der Waals surface area (Å²) in [5, 5.41) is 7.78. The minimum atomic E-state index is -4.38. The van der Waals surface area contributed by atoms with Crippen molar-refractivity contribution in [3.8, 4) is 0 Å². The summed E-state index contributed by atoms with van der Waals surface area (Å²) >= 11 is 12.3. The van der Waals surface area contributed by atoms with Crippen molar-refractivity contribution in [3.05, 3.63) is 87.5 Å². The topological polar surface area (TPSA) is 100 Å². The van der Waals surface area contributed by atoms with Crippen LogP contribution in [0.3, 0.4) is 0 Å². The molecule has 196 valence electrons. The van der Waals surface area contributed by atoms with Crippen molar-refractivity contribution in [1.29, 1.82) is 0 Å². The van der Waals surface area contributed by atoms with E-state index in [1.54, 1.807) is 4.90 Å². The van der Waals surface area contributed by atoms with Crippen LogP contribution in [0.1, 0.15) is 16.4 Å². The number of pyridine rings is 1. The average Bonchev–Trinajstić information content (AvgIpc) is 2.87. The highest BCUT2D eigenvalue weighted by Crippen LogP contribution is 2.41. The van der Waals surface area contributed by atoms with Crippen molar-refractivity contribution < 1.29 is 31.8 Å². The lowest BCUT2D eigenvalue weighted by atomic mass is 10.0. The van der Waals surface area contributed by atoms with E-state index >= 15 is 4.39 Å². The number of sulfone groups is 1. The number of morpholine rings is 1. The maximum Gasteiger partial charge on any atom is 0.409 e. The molecule has 2 heterocycles. The van der Waals surface area contributed by atoms with Crippen LogP contribution in [-0.2, 0) is 14.6 Å². The highest BCUT2D eigenvalue weighted by Gasteiger charge is 2.36. The van der Waals surface area contributed by atoms with Crippen molar-refractivity contribution in [2.75, 3.05) is 31.6 Å². The lowest BCUT2D eigenvalue weighted by Gasteiger charge is -2.37. The van der Waals surface area contributed by atoms with E-state index in [-0.39, 0.29) is 34.5 Å². The second-order valence-electron chi connectivity index (χ2n) is 8.27. The molecule has 2 atom stereocenters. The predicted octanol–water partition coefficient (Wildman–Crippen LogP) is 5.00. The van der Waals surface area contributed by atoms with Crippen molar-refractivity contribution in [1.82, 2.24) is 9.88 Å². The Labute approximate surface area is 221 Å². The number of likely N-dealkylation sites (N-methyl/N-ethyl adjacent to an activating group) is 1. The van der Waals surface area contributed by atoms with Gasteiger partial charge >= 0.3 is 6.09 Å². The summed E-state index contributed by atoms with van der Waals surface area (Å²) in [4.78, 5) is 18.2. The van der Waals surface area contributed by atoms with E-state index in [9.17, 15) is 22.7 Å². The van der Waals surface area contributed by atoms with Gasteiger partial charge in [-0.15, -0.1) is 0 Å². The van der Waals surface area contributed by atoms with E-state index in [2.05, 4.69) is 4.98 Å². The molecule has 2 unspecified atom stereocenters. The van der Waals surface area contributed by atoms with Crippen LogP contribution in [0.15, 0.2) is 59.6 Å². The zero-order valence-electron chi connectivity index (χ0n) is 19.3. The van der Waals surface area contributed by atoms with E-state index in [1.807, 2.05) is 0 Å². The van der Waals surface area contributed by atoms with E-state index < -0.39 is 44.6 Å². The molecule has 1 aromatic heterocycles. The van der Waals surface area contributed by atoms with E-state index in [0.29, 0.717) is 11.6 Å². The summed E-state index contributed by atoms with van der Waals surface area (Å²) in [7, 11) is -3.02. The van der Waals surface area contributed by atoms with Crippen LogP contribution < -0.4 is 4.90 Å². The van der Waals surface area contributed by atoms with Crippen LogP contribution in [-0.4, -0.2) is 62.5 Å². The Morgan fingerprint density at radius 2 is 1.86 bits per heavy atom. The zero-order chi connectivity index (χ0) is 26.9. The fourth-order valence-corrected chi connectivity index (χ4v) is 6.23. The number of carboxylic acid groups (broad SMARTS) is 1. The van der Waals surface area contributed by atoms with E-state index in [0.717, 1.165) is 23.1 Å². The highest BCUT2D eigenvalue weighted by molar-refractivity contribution is 7.92. The molecule has 1 aliphatic rings. The van der Waals surface area contributed by atoms with Gasteiger partial charge in [-0.25, -0.2) is 27.0 Å². The summed E-state index contributed by atoms with van der Waals surface area (Å²) in [5.74, 6) is -1.50. The van der Waals surface area contributed by atoms with Crippen molar-refractivity contribution in [3.63, 3.8) is 0 Å². The molecule has 2 aromatic carbocycles. The predicted molar refractivity (Wildman–Crippen MR) is 134 cm³/mol. The van der Waals surface area contributed by atoms with Crippen LogP contribution in [0.25, 0.3) is 0 Å². The standard InChI is InChI=1S/C24H21Cl2F2N3O5S/c1-30(24(32)33)22-13-31(8-9-36-22)21-11-17(19(26)12-29-21)23(18-10-15(27)4-7-20(18)28)37(34,35)16-5-2-14(25)3-6-16/h2-7,10-12,22-23H,8-9,13H2,1H3,(H,32,33). The summed E-state index contributed by atoms with van der Waals surface area (Å²) in [6, 6.07) is 9.22. The molecule has 0 radical (unpaired) electrons. The Kier molecular flexibility index (Phi) is 7.88. The van der Waals surface area contributed by atoms with Gasteiger partial charge in [-0.2, -0.15) is 0 Å². The Balaban J connectivity index is 1.84. The maximum absolute atomic E-state index is 15.0. The Morgan fingerprint density at radius 3 is 2.54 bits per heavy atom. The smallest absolute Gasteiger partial charge is 0.409 e. The molecule has 1 N–H and O–H groups in total. The molecule has 1 saturated heterocycles. The molecule has 0 spiro atoms. The van der Waals surface area contributed by atoms with Crippen LogP contribution in [0.4, 0.5) is 19.4 Å². The highest BCUT2D eigenvalue weighted by atomic mass is 35.5. The van der Waals surface area contributed by atoms with Crippen LogP contribution >= 0.6 is 23.2 Å². The number of carbonyl (C=O) groups is 1.